The molecular formula is C14H20ClNO2. The number of ether oxygens (including phenoxy) is 1. The number of rotatable bonds is 4. The summed E-state index contributed by atoms with van der Waals surface area (Å²) in [6.07, 6.45) is 1.70. The molecule has 1 aliphatic rings. The molecule has 1 aromatic rings. The molecule has 0 aromatic heterocycles. The largest absolute Gasteiger partial charge is 0.394 e. The molecule has 1 heterocycles. The first-order valence-corrected chi connectivity index (χ1v) is 6.72. The van der Waals surface area contributed by atoms with E-state index in [1.54, 1.807) is 0 Å². The second-order valence-electron chi connectivity index (χ2n) is 4.99. The van der Waals surface area contributed by atoms with E-state index in [-0.39, 0.29) is 12.1 Å². The summed E-state index contributed by atoms with van der Waals surface area (Å²) >= 11 is 6.11. The van der Waals surface area contributed by atoms with Crippen molar-refractivity contribution in [1.29, 1.82) is 0 Å². The van der Waals surface area contributed by atoms with Gasteiger partial charge in [-0.1, -0.05) is 23.7 Å². The van der Waals surface area contributed by atoms with E-state index in [0.29, 0.717) is 13.2 Å². The zero-order valence-corrected chi connectivity index (χ0v) is 11.5. The Kier molecular flexibility index (Phi) is 4.62. The fraction of sp³-hybridized carbons (Fsp3) is 0.571. The highest BCUT2D eigenvalue weighted by Crippen LogP contribution is 2.22. The van der Waals surface area contributed by atoms with Gasteiger partial charge in [-0.3, -0.25) is 0 Å². The van der Waals surface area contributed by atoms with E-state index in [2.05, 4.69) is 11.4 Å². The number of aliphatic hydroxyl groups excluding tert-OH is 1. The lowest BCUT2D eigenvalue weighted by atomic mass is 9.90. The number of hydrogen-bond donors (Lipinski definition) is 2. The maximum atomic E-state index is 9.57. The van der Waals surface area contributed by atoms with Crippen molar-refractivity contribution >= 4 is 11.6 Å². The Morgan fingerprint density at radius 1 is 1.39 bits per heavy atom. The molecule has 2 N–H and O–H groups in total. The average Bonchev–Trinajstić information content (AvgIpc) is 2.41. The molecule has 0 spiro atoms. The van der Waals surface area contributed by atoms with Gasteiger partial charge < -0.3 is 15.2 Å². The molecule has 0 bridgehead atoms. The zero-order valence-electron chi connectivity index (χ0n) is 10.7. The van der Waals surface area contributed by atoms with Crippen LogP contribution in [0.5, 0.6) is 0 Å². The van der Waals surface area contributed by atoms with Crippen molar-refractivity contribution in [3.63, 3.8) is 0 Å². The molecule has 1 aliphatic heterocycles. The molecule has 0 unspecified atom stereocenters. The van der Waals surface area contributed by atoms with Gasteiger partial charge in [0.2, 0.25) is 0 Å². The SMILES string of the molecule is Cc1ccc(CNC2(CO)CCOCC2)cc1Cl. The second-order valence-corrected chi connectivity index (χ2v) is 5.40. The molecule has 0 aliphatic carbocycles. The molecule has 1 saturated heterocycles. The molecule has 100 valence electrons. The molecule has 18 heavy (non-hydrogen) atoms. The predicted molar refractivity (Wildman–Crippen MR) is 72.9 cm³/mol. The van der Waals surface area contributed by atoms with Gasteiger partial charge in [-0.2, -0.15) is 0 Å². The fourth-order valence-electron chi connectivity index (χ4n) is 2.19. The van der Waals surface area contributed by atoms with Crippen LogP contribution in [-0.4, -0.2) is 30.5 Å². The summed E-state index contributed by atoms with van der Waals surface area (Å²) in [6, 6.07) is 6.07. The molecule has 1 aromatic carbocycles. The van der Waals surface area contributed by atoms with Crippen molar-refractivity contribution in [2.45, 2.75) is 31.8 Å². The summed E-state index contributed by atoms with van der Waals surface area (Å²) in [7, 11) is 0. The highest BCUT2D eigenvalue weighted by Gasteiger charge is 2.31. The Bertz CT molecular complexity index is 403. The van der Waals surface area contributed by atoms with Crippen LogP contribution in [0.3, 0.4) is 0 Å². The molecule has 3 nitrogen and oxygen atoms in total. The van der Waals surface area contributed by atoms with Gasteiger partial charge in [0.25, 0.3) is 0 Å². The quantitative estimate of drug-likeness (QED) is 0.881. The van der Waals surface area contributed by atoms with Gasteiger partial charge in [-0.25, -0.2) is 0 Å². The van der Waals surface area contributed by atoms with E-state index in [4.69, 9.17) is 16.3 Å². The van der Waals surface area contributed by atoms with Gasteiger partial charge in [0.15, 0.2) is 0 Å². The van der Waals surface area contributed by atoms with Crippen molar-refractivity contribution < 1.29 is 9.84 Å². The van der Waals surface area contributed by atoms with E-state index >= 15 is 0 Å². The number of benzene rings is 1. The molecule has 1 fully saturated rings. The van der Waals surface area contributed by atoms with Gasteiger partial charge in [0, 0.05) is 30.3 Å². The summed E-state index contributed by atoms with van der Waals surface area (Å²) in [5.74, 6) is 0. The average molecular weight is 270 g/mol. The van der Waals surface area contributed by atoms with Gasteiger partial charge in [-0.05, 0) is 37.0 Å². The van der Waals surface area contributed by atoms with Crippen molar-refractivity contribution in [3.05, 3.63) is 34.3 Å². The van der Waals surface area contributed by atoms with Crippen molar-refractivity contribution in [2.75, 3.05) is 19.8 Å². The maximum absolute atomic E-state index is 9.57. The van der Waals surface area contributed by atoms with E-state index in [1.165, 1.54) is 0 Å². The van der Waals surface area contributed by atoms with Crippen LogP contribution < -0.4 is 5.32 Å². The molecule has 0 atom stereocenters. The van der Waals surface area contributed by atoms with Crippen molar-refractivity contribution in [3.8, 4) is 0 Å². The third kappa shape index (κ3) is 3.23. The topological polar surface area (TPSA) is 41.5 Å². The van der Waals surface area contributed by atoms with Crippen LogP contribution >= 0.6 is 11.6 Å². The van der Waals surface area contributed by atoms with Crippen LogP contribution in [0.15, 0.2) is 18.2 Å². The Balaban J connectivity index is 1.98. The first-order valence-electron chi connectivity index (χ1n) is 6.34. The number of halogens is 1. The highest BCUT2D eigenvalue weighted by molar-refractivity contribution is 6.31. The first-order chi connectivity index (χ1) is 8.65. The molecule has 4 heteroatoms. The third-order valence-corrected chi connectivity index (χ3v) is 4.06. The van der Waals surface area contributed by atoms with Crippen LogP contribution in [0.2, 0.25) is 5.02 Å². The predicted octanol–water partition coefficient (Wildman–Crippen LogP) is 2.28. The summed E-state index contributed by atoms with van der Waals surface area (Å²) in [4.78, 5) is 0. The Morgan fingerprint density at radius 3 is 2.72 bits per heavy atom. The number of nitrogens with one attached hydrogen (secondary N) is 1. The van der Waals surface area contributed by atoms with Gasteiger partial charge in [0.1, 0.15) is 0 Å². The van der Waals surface area contributed by atoms with E-state index in [9.17, 15) is 5.11 Å². The highest BCUT2D eigenvalue weighted by atomic mass is 35.5. The van der Waals surface area contributed by atoms with Crippen LogP contribution in [0, 0.1) is 6.92 Å². The lowest BCUT2D eigenvalue weighted by Gasteiger charge is -2.36. The molecule has 0 radical (unpaired) electrons. The van der Waals surface area contributed by atoms with E-state index < -0.39 is 0 Å². The normalized spacial score (nSPS) is 18.8. The Morgan fingerprint density at radius 2 is 2.11 bits per heavy atom. The van der Waals surface area contributed by atoms with Gasteiger partial charge in [0.05, 0.1) is 6.61 Å². The third-order valence-electron chi connectivity index (χ3n) is 3.66. The molecule has 0 saturated carbocycles. The lowest BCUT2D eigenvalue weighted by molar-refractivity contribution is 0.0112. The van der Waals surface area contributed by atoms with Crippen LogP contribution in [0.1, 0.15) is 24.0 Å². The van der Waals surface area contributed by atoms with E-state index in [1.807, 2.05) is 19.1 Å². The minimum absolute atomic E-state index is 0.149. The zero-order chi connectivity index (χ0) is 13.0. The standard InChI is InChI=1S/C14H20ClNO2/c1-11-2-3-12(8-13(11)15)9-16-14(10-17)4-6-18-7-5-14/h2-3,8,16-17H,4-7,9-10H2,1H3. The van der Waals surface area contributed by atoms with Crippen LogP contribution in [-0.2, 0) is 11.3 Å². The van der Waals surface area contributed by atoms with Gasteiger partial charge >= 0.3 is 0 Å². The van der Waals surface area contributed by atoms with Crippen LogP contribution in [0.25, 0.3) is 0 Å². The summed E-state index contributed by atoms with van der Waals surface area (Å²) < 4.78 is 5.34. The minimum atomic E-state index is -0.199. The van der Waals surface area contributed by atoms with Crippen LogP contribution in [0.4, 0.5) is 0 Å². The lowest BCUT2D eigenvalue weighted by Crippen LogP contribution is -2.51. The van der Waals surface area contributed by atoms with Crippen molar-refractivity contribution in [1.82, 2.24) is 5.32 Å². The van der Waals surface area contributed by atoms with Gasteiger partial charge in [-0.15, -0.1) is 0 Å². The molecular weight excluding hydrogens is 250 g/mol. The number of aliphatic hydroxyl groups is 1. The van der Waals surface area contributed by atoms with E-state index in [0.717, 1.165) is 35.5 Å². The second kappa shape index (κ2) is 6.02. The number of aryl methyl sites for hydroxylation is 1. The first kappa shape index (κ1) is 13.8. The summed E-state index contributed by atoms with van der Waals surface area (Å²) in [5.41, 5.74) is 2.03. The Labute approximate surface area is 113 Å². The van der Waals surface area contributed by atoms with Crippen molar-refractivity contribution in [2.24, 2.45) is 0 Å². The molecule has 0 amide bonds. The number of hydrogen-bond acceptors (Lipinski definition) is 3. The Hall–Kier alpha value is -0.610. The summed E-state index contributed by atoms with van der Waals surface area (Å²) in [5, 5.41) is 13.8. The maximum Gasteiger partial charge on any atom is 0.0615 e. The monoisotopic (exact) mass is 269 g/mol. The minimum Gasteiger partial charge on any atom is -0.394 e. The molecule has 2 rings (SSSR count). The fourth-order valence-corrected chi connectivity index (χ4v) is 2.39. The smallest absolute Gasteiger partial charge is 0.0615 e. The summed E-state index contributed by atoms with van der Waals surface area (Å²) in [6.45, 7) is 4.29.